The van der Waals surface area contributed by atoms with E-state index in [9.17, 15) is 9.59 Å². The molecule has 1 unspecified atom stereocenters. The molecule has 0 fully saturated rings. The molecule has 0 spiro atoms. The van der Waals surface area contributed by atoms with Crippen LogP contribution >= 0.6 is 23.1 Å². The Balaban J connectivity index is 1.76. The number of carbonyl (C=O) groups is 1. The van der Waals surface area contributed by atoms with Gasteiger partial charge in [-0.3, -0.25) is 14.2 Å². The van der Waals surface area contributed by atoms with Crippen LogP contribution in [-0.4, -0.2) is 20.7 Å². The van der Waals surface area contributed by atoms with Crippen LogP contribution in [0.5, 0.6) is 0 Å². The van der Waals surface area contributed by atoms with Crippen LogP contribution in [0.3, 0.4) is 0 Å². The fourth-order valence-electron chi connectivity index (χ4n) is 2.45. The molecule has 2 heterocycles. The number of hydrogen-bond donors (Lipinski definition) is 1. The zero-order valence-electron chi connectivity index (χ0n) is 14.3. The molecule has 1 atom stereocenters. The van der Waals surface area contributed by atoms with Crippen molar-refractivity contribution in [3.05, 3.63) is 70.4 Å². The number of amides is 1. The van der Waals surface area contributed by atoms with E-state index in [-0.39, 0.29) is 16.7 Å². The summed E-state index contributed by atoms with van der Waals surface area (Å²) >= 11 is 2.71. The normalized spacial score (nSPS) is 12.0. The molecule has 7 heteroatoms. The highest BCUT2D eigenvalue weighted by molar-refractivity contribution is 8.00. The molecule has 0 bridgehead atoms. The monoisotopic (exact) mass is 385 g/mol. The zero-order chi connectivity index (χ0) is 18.5. The number of allylic oxidation sites excluding steroid dienone is 1. The lowest BCUT2D eigenvalue weighted by Gasteiger charge is -2.15. The van der Waals surface area contributed by atoms with Gasteiger partial charge in [-0.15, -0.1) is 17.9 Å². The fraction of sp³-hybridized carbons (Fsp3) is 0.211. The summed E-state index contributed by atoms with van der Waals surface area (Å²) in [6, 6.07) is 11.5. The lowest BCUT2D eigenvalue weighted by atomic mass is 10.2. The molecule has 0 saturated carbocycles. The van der Waals surface area contributed by atoms with Gasteiger partial charge in [-0.2, -0.15) is 0 Å². The van der Waals surface area contributed by atoms with Crippen LogP contribution in [0, 0.1) is 0 Å². The number of aromatic nitrogens is 2. The van der Waals surface area contributed by atoms with Crippen molar-refractivity contribution < 1.29 is 4.79 Å². The standard InChI is InChI=1S/C19H19N3O2S2/c1-3-10-22-18(24)15-9-11-25-17(15)21-19(22)26-13(2)16(23)20-12-14-7-5-4-6-8-14/h3-9,11,13H,1,10,12H2,2H3,(H,20,23). The third-order valence-corrected chi connectivity index (χ3v) is 5.72. The second-order valence-corrected chi connectivity index (χ2v) is 7.90. The van der Waals surface area contributed by atoms with Crippen molar-refractivity contribution in [1.82, 2.24) is 14.9 Å². The molecule has 134 valence electrons. The number of rotatable bonds is 7. The number of hydrogen-bond acceptors (Lipinski definition) is 5. The van der Waals surface area contributed by atoms with Crippen LogP contribution < -0.4 is 10.9 Å². The van der Waals surface area contributed by atoms with E-state index in [1.165, 1.54) is 23.1 Å². The predicted molar refractivity (Wildman–Crippen MR) is 108 cm³/mol. The minimum atomic E-state index is -0.376. The molecule has 1 N–H and O–H groups in total. The van der Waals surface area contributed by atoms with E-state index in [4.69, 9.17) is 0 Å². The van der Waals surface area contributed by atoms with Gasteiger partial charge in [-0.25, -0.2) is 4.98 Å². The summed E-state index contributed by atoms with van der Waals surface area (Å²) in [7, 11) is 0. The summed E-state index contributed by atoms with van der Waals surface area (Å²) in [5.74, 6) is -0.0930. The van der Waals surface area contributed by atoms with E-state index in [1.54, 1.807) is 16.7 Å². The molecule has 1 aromatic carbocycles. The van der Waals surface area contributed by atoms with Crippen LogP contribution in [0.4, 0.5) is 0 Å². The summed E-state index contributed by atoms with van der Waals surface area (Å²) in [6.45, 7) is 6.36. The Morgan fingerprint density at radius 2 is 2.15 bits per heavy atom. The molecule has 2 aromatic heterocycles. The van der Waals surface area contributed by atoms with E-state index in [2.05, 4.69) is 16.9 Å². The van der Waals surface area contributed by atoms with E-state index in [0.717, 1.165) is 5.56 Å². The Kier molecular flexibility index (Phi) is 5.90. The van der Waals surface area contributed by atoms with Gasteiger partial charge >= 0.3 is 0 Å². The summed E-state index contributed by atoms with van der Waals surface area (Å²) in [4.78, 5) is 30.3. The maximum atomic E-state index is 12.6. The van der Waals surface area contributed by atoms with Gasteiger partial charge in [0.15, 0.2) is 5.16 Å². The lowest BCUT2D eigenvalue weighted by molar-refractivity contribution is -0.120. The first-order valence-electron chi connectivity index (χ1n) is 8.17. The number of nitrogens with one attached hydrogen (secondary N) is 1. The van der Waals surface area contributed by atoms with Gasteiger partial charge in [-0.05, 0) is 23.9 Å². The minimum Gasteiger partial charge on any atom is -0.351 e. The van der Waals surface area contributed by atoms with Gasteiger partial charge in [0.25, 0.3) is 5.56 Å². The molecule has 0 saturated heterocycles. The highest BCUT2D eigenvalue weighted by atomic mass is 32.2. The first-order valence-corrected chi connectivity index (χ1v) is 9.93. The van der Waals surface area contributed by atoms with Crippen molar-refractivity contribution in [2.45, 2.75) is 30.4 Å². The Hall–Kier alpha value is -2.38. The van der Waals surface area contributed by atoms with Crippen LogP contribution in [0.2, 0.25) is 0 Å². The Bertz CT molecular complexity index is 979. The number of thioether (sulfide) groups is 1. The van der Waals surface area contributed by atoms with Gasteiger partial charge in [0.1, 0.15) is 4.83 Å². The number of benzene rings is 1. The molecular formula is C19H19N3O2S2. The summed E-state index contributed by atoms with van der Waals surface area (Å²) in [5.41, 5.74) is 0.940. The second-order valence-electron chi connectivity index (χ2n) is 5.70. The van der Waals surface area contributed by atoms with Crippen molar-refractivity contribution in [3.63, 3.8) is 0 Å². The molecule has 0 aliphatic heterocycles. The summed E-state index contributed by atoms with van der Waals surface area (Å²) in [5, 5.41) is 5.53. The topological polar surface area (TPSA) is 64.0 Å². The Morgan fingerprint density at radius 3 is 2.88 bits per heavy atom. The molecule has 0 radical (unpaired) electrons. The maximum Gasteiger partial charge on any atom is 0.263 e. The maximum absolute atomic E-state index is 12.6. The summed E-state index contributed by atoms with van der Waals surface area (Å²) in [6.07, 6.45) is 1.66. The molecule has 5 nitrogen and oxygen atoms in total. The van der Waals surface area contributed by atoms with Gasteiger partial charge in [0, 0.05) is 13.1 Å². The van der Waals surface area contributed by atoms with Gasteiger partial charge in [0.2, 0.25) is 5.91 Å². The molecule has 3 rings (SSSR count). The van der Waals surface area contributed by atoms with E-state index < -0.39 is 0 Å². The largest absolute Gasteiger partial charge is 0.351 e. The lowest BCUT2D eigenvalue weighted by Crippen LogP contribution is -2.31. The van der Waals surface area contributed by atoms with Crippen LogP contribution in [0.15, 0.2) is 64.4 Å². The highest BCUT2D eigenvalue weighted by Crippen LogP contribution is 2.24. The van der Waals surface area contributed by atoms with E-state index in [1.807, 2.05) is 42.6 Å². The number of nitrogens with zero attached hydrogens (tertiary/aromatic N) is 2. The van der Waals surface area contributed by atoms with Crippen molar-refractivity contribution in [2.24, 2.45) is 0 Å². The third kappa shape index (κ3) is 4.05. The van der Waals surface area contributed by atoms with Crippen LogP contribution in [0.1, 0.15) is 12.5 Å². The molecular weight excluding hydrogens is 366 g/mol. The quantitative estimate of drug-likeness (QED) is 0.384. The molecule has 1 amide bonds. The first-order chi connectivity index (χ1) is 12.6. The van der Waals surface area contributed by atoms with Gasteiger partial charge in [-0.1, -0.05) is 48.2 Å². The van der Waals surface area contributed by atoms with Gasteiger partial charge < -0.3 is 5.32 Å². The number of thiophene rings is 1. The SMILES string of the molecule is C=CCn1c(SC(C)C(=O)NCc2ccccc2)nc2sccc2c1=O. The summed E-state index contributed by atoms with van der Waals surface area (Å²) < 4.78 is 1.56. The van der Waals surface area contributed by atoms with Crippen molar-refractivity contribution in [1.29, 1.82) is 0 Å². The average molecular weight is 386 g/mol. The van der Waals surface area contributed by atoms with Crippen molar-refractivity contribution >= 4 is 39.2 Å². The highest BCUT2D eigenvalue weighted by Gasteiger charge is 2.19. The number of carbonyl (C=O) groups excluding carboxylic acids is 1. The predicted octanol–water partition coefficient (Wildman–Crippen LogP) is 3.44. The van der Waals surface area contributed by atoms with Crippen molar-refractivity contribution in [3.8, 4) is 0 Å². The average Bonchev–Trinajstić information content (AvgIpc) is 3.12. The molecule has 0 aliphatic carbocycles. The fourth-order valence-corrected chi connectivity index (χ4v) is 4.20. The van der Waals surface area contributed by atoms with Gasteiger partial charge in [0.05, 0.1) is 10.6 Å². The van der Waals surface area contributed by atoms with Crippen molar-refractivity contribution in [2.75, 3.05) is 0 Å². The third-order valence-electron chi connectivity index (χ3n) is 3.82. The van der Waals surface area contributed by atoms with Crippen LogP contribution in [0.25, 0.3) is 10.2 Å². The van der Waals surface area contributed by atoms with E-state index >= 15 is 0 Å². The minimum absolute atomic E-state index is 0.0930. The smallest absolute Gasteiger partial charge is 0.263 e. The molecule has 3 aromatic rings. The Morgan fingerprint density at radius 1 is 1.38 bits per heavy atom. The van der Waals surface area contributed by atoms with Crippen LogP contribution in [-0.2, 0) is 17.9 Å². The van der Waals surface area contributed by atoms with E-state index in [0.29, 0.717) is 28.5 Å². The molecule has 26 heavy (non-hydrogen) atoms. The number of fused-ring (bicyclic) bond motifs is 1. The Labute approximate surface area is 159 Å². The first kappa shape index (κ1) is 18.4. The zero-order valence-corrected chi connectivity index (χ0v) is 16.0. The second kappa shape index (κ2) is 8.33. The molecule has 0 aliphatic rings.